The second-order valence-corrected chi connectivity index (χ2v) is 7.76. The second-order valence-electron chi connectivity index (χ2n) is 7.33. The van der Waals surface area contributed by atoms with Crippen molar-refractivity contribution in [3.8, 4) is 0 Å². The summed E-state index contributed by atoms with van der Waals surface area (Å²) in [6.07, 6.45) is 6.92. The van der Waals surface area contributed by atoms with Gasteiger partial charge in [-0.25, -0.2) is 0 Å². The smallest absolute Gasteiger partial charge is 0.0409 e. The topological polar surface area (TPSA) is 29.3 Å². The van der Waals surface area contributed by atoms with Crippen LogP contribution in [0.5, 0.6) is 0 Å². The second kappa shape index (κ2) is 9.38. The Balaban J connectivity index is 1.72. The van der Waals surface area contributed by atoms with Gasteiger partial charge in [0.05, 0.1) is 0 Å². The average Bonchev–Trinajstić information content (AvgIpc) is 2.63. The van der Waals surface area contributed by atoms with Crippen molar-refractivity contribution in [3.63, 3.8) is 0 Å². The fraction of sp³-hybridized carbons (Fsp3) is 0.455. The van der Waals surface area contributed by atoms with Crippen LogP contribution in [0.1, 0.15) is 48.8 Å². The lowest BCUT2D eigenvalue weighted by atomic mass is 9.88. The molecule has 0 amide bonds. The van der Waals surface area contributed by atoms with E-state index in [0.29, 0.717) is 6.54 Å². The number of benzene rings is 2. The SMILES string of the molecule is NCc1cccc(CN(Cc2cccc(Cl)c2)CC2CCCCC2)c1. The molecule has 2 nitrogen and oxygen atoms in total. The third-order valence-electron chi connectivity index (χ3n) is 5.17. The Morgan fingerprint density at radius 3 is 2.20 bits per heavy atom. The van der Waals surface area contributed by atoms with E-state index in [1.165, 1.54) is 55.3 Å². The van der Waals surface area contributed by atoms with Gasteiger partial charge in [0.1, 0.15) is 0 Å². The molecular weight excluding hydrogens is 328 g/mol. The lowest BCUT2D eigenvalue weighted by Gasteiger charge is -2.30. The van der Waals surface area contributed by atoms with Crippen LogP contribution in [0.25, 0.3) is 0 Å². The largest absolute Gasteiger partial charge is 0.326 e. The summed E-state index contributed by atoms with van der Waals surface area (Å²) >= 11 is 6.19. The van der Waals surface area contributed by atoms with Crippen LogP contribution in [0.15, 0.2) is 48.5 Å². The summed E-state index contributed by atoms with van der Waals surface area (Å²) in [7, 11) is 0. The molecule has 0 spiro atoms. The molecule has 0 unspecified atom stereocenters. The van der Waals surface area contributed by atoms with Gasteiger partial charge in [0.2, 0.25) is 0 Å². The number of rotatable bonds is 7. The lowest BCUT2D eigenvalue weighted by molar-refractivity contribution is 0.187. The minimum Gasteiger partial charge on any atom is -0.326 e. The Morgan fingerprint density at radius 2 is 1.52 bits per heavy atom. The molecule has 0 aliphatic heterocycles. The highest BCUT2D eigenvalue weighted by molar-refractivity contribution is 6.30. The van der Waals surface area contributed by atoms with Gasteiger partial charge in [-0.15, -0.1) is 0 Å². The molecule has 2 N–H and O–H groups in total. The molecular formula is C22H29ClN2. The molecule has 1 aliphatic rings. The maximum Gasteiger partial charge on any atom is 0.0409 e. The molecule has 0 saturated heterocycles. The van der Waals surface area contributed by atoms with E-state index < -0.39 is 0 Å². The molecule has 0 atom stereocenters. The zero-order chi connectivity index (χ0) is 17.5. The van der Waals surface area contributed by atoms with Gasteiger partial charge in [0.25, 0.3) is 0 Å². The summed E-state index contributed by atoms with van der Waals surface area (Å²) in [5.41, 5.74) is 9.66. The standard InChI is InChI=1S/C22H29ClN2/c23-22-11-5-10-21(13-22)17-25(15-18-6-2-1-3-7-18)16-20-9-4-8-19(12-20)14-24/h4-5,8-13,18H,1-3,6-7,14-17,24H2. The normalized spacial score (nSPS) is 15.6. The van der Waals surface area contributed by atoms with Crippen molar-refractivity contribution in [1.82, 2.24) is 4.90 Å². The first-order valence-corrected chi connectivity index (χ1v) is 9.85. The van der Waals surface area contributed by atoms with Crippen LogP contribution in [0.2, 0.25) is 5.02 Å². The van der Waals surface area contributed by atoms with E-state index in [1.54, 1.807) is 0 Å². The van der Waals surface area contributed by atoms with Crippen molar-refractivity contribution >= 4 is 11.6 Å². The molecule has 3 rings (SSSR count). The van der Waals surface area contributed by atoms with Gasteiger partial charge in [-0.2, -0.15) is 0 Å². The van der Waals surface area contributed by atoms with Gasteiger partial charge in [-0.05, 0) is 47.6 Å². The number of nitrogens with zero attached hydrogens (tertiary/aromatic N) is 1. The first kappa shape index (κ1) is 18.4. The molecule has 1 fully saturated rings. The van der Waals surface area contributed by atoms with E-state index in [2.05, 4.69) is 41.3 Å². The molecule has 0 radical (unpaired) electrons. The Morgan fingerprint density at radius 1 is 0.880 bits per heavy atom. The highest BCUT2D eigenvalue weighted by Gasteiger charge is 2.18. The molecule has 1 saturated carbocycles. The van der Waals surface area contributed by atoms with E-state index >= 15 is 0 Å². The fourth-order valence-corrected chi connectivity index (χ4v) is 4.14. The lowest BCUT2D eigenvalue weighted by Crippen LogP contribution is -2.30. The van der Waals surface area contributed by atoms with Gasteiger partial charge >= 0.3 is 0 Å². The van der Waals surface area contributed by atoms with Crippen LogP contribution in [0, 0.1) is 5.92 Å². The van der Waals surface area contributed by atoms with E-state index in [4.69, 9.17) is 17.3 Å². The summed E-state index contributed by atoms with van der Waals surface area (Å²) in [6, 6.07) is 16.9. The zero-order valence-corrected chi connectivity index (χ0v) is 15.7. The molecule has 0 heterocycles. The van der Waals surface area contributed by atoms with Gasteiger partial charge < -0.3 is 5.73 Å². The monoisotopic (exact) mass is 356 g/mol. The maximum atomic E-state index is 6.19. The predicted octanol–water partition coefficient (Wildman–Crippen LogP) is 5.38. The number of nitrogens with two attached hydrogens (primary N) is 1. The quantitative estimate of drug-likeness (QED) is 0.721. The molecule has 2 aromatic carbocycles. The van der Waals surface area contributed by atoms with Crippen LogP contribution < -0.4 is 5.73 Å². The highest BCUT2D eigenvalue weighted by Crippen LogP contribution is 2.26. The fourth-order valence-electron chi connectivity index (χ4n) is 3.93. The van der Waals surface area contributed by atoms with Crippen LogP contribution in [0.3, 0.4) is 0 Å². The van der Waals surface area contributed by atoms with Crippen molar-refractivity contribution in [2.45, 2.75) is 51.7 Å². The van der Waals surface area contributed by atoms with E-state index in [1.807, 2.05) is 12.1 Å². The van der Waals surface area contributed by atoms with Gasteiger partial charge in [0, 0.05) is 31.2 Å². The minimum atomic E-state index is 0.602. The van der Waals surface area contributed by atoms with E-state index in [9.17, 15) is 0 Å². The zero-order valence-electron chi connectivity index (χ0n) is 15.0. The number of hydrogen-bond acceptors (Lipinski definition) is 2. The molecule has 25 heavy (non-hydrogen) atoms. The minimum absolute atomic E-state index is 0.602. The summed E-state index contributed by atoms with van der Waals surface area (Å²) in [4.78, 5) is 2.58. The van der Waals surface area contributed by atoms with Crippen LogP contribution in [-0.2, 0) is 19.6 Å². The van der Waals surface area contributed by atoms with Crippen molar-refractivity contribution < 1.29 is 0 Å². The van der Waals surface area contributed by atoms with Crippen molar-refractivity contribution in [2.75, 3.05) is 6.54 Å². The Hall–Kier alpha value is -1.35. The molecule has 2 aromatic rings. The van der Waals surface area contributed by atoms with Gasteiger partial charge in [-0.1, -0.05) is 67.3 Å². The van der Waals surface area contributed by atoms with Crippen molar-refractivity contribution in [2.24, 2.45) is 11.7 Å². The maximum absolute atomic E-state index is 6.19. The third kappa shape index (κ3) is 5.85. The van der Waals surface area contributed by atoms with Crippen LogP contribution in [-0.4, -0.2) is 11.4 Å². The number of hydrogen-bond donors (Lipinski definition) is 1. The summed E-state index contributed by atoms with van der Waals surface area (Å²) in [6.45, 7) is 3.69. The molecule has 1 aliphatic carbocycles. The summed E-state index contributed by atoms with van der Waals surface area (Å²) in [5.74, 6) is 0.825. The van der Waals surface area contributed by atoms with E-state index in [0.717, 1.165) is 24.0 Å². The van der Waals surface area contributed by atoms with Gasteiger partial charge in [0.15, 0.2) is 0 Å². The average molecular weight is 357 g/mol. The Bertz CT molecular complexity index is 665. The Kier molecular flexibility index (Phi) is 6.92. The van der Waals surface area contributed by atoms with Crippen LogP contribution >= 0.6 is 11.6 Å². The van der Waals surface area contributed by atoms with Crippen molar-refractivity contribution in [3.05, 3.63) is 70.2 Å². The molecule has 134 valence electrons. The summed E-state index contributed by atoms with van der Waals surface area (Å²) in [5, 5.41) is 0.820. The highest BCUT2D eigenvalue weighted by atomic mass is 35.5. The molecule has 0 bridgehead atoms. The predicted molar refractivity (Wildman–Crippen MR) is 106 cm³/mol. The molecule has 0 aromatic heterocycles. The Labute approximate surface area is 157 Å². The summed E-state index contributed by atoms with van der Waals surface area (Å²) < 4.78 is 0. The van der Waals surface area contributed by atoms with Crippen LogP contribution in [0.4, 0.5) is 0 Å². The van der Waals surface area contributed by atoms with E-state index in [-0.39, 0.29) is 0 Å². The third-order valence-corrected chi connectivity index (χ3v) is 5.40. The molecule has 3 heteroatoms. The van der Waals surface area contributed by atoms with Crippen molar-refractivity contribution in [1.29, 1.82) is 0 Å². The number of halogens is 1. The van der Waals surface area contributed by atoms with Gasteiger partial charge in [-0.3, -0.25) is 4.90 Å². The first-order valence-electron chi connectivity index (χ1n) is 9.47. The first-order chi connectivity index (χ1) is 12.2.